The molecule has 2 aliphatic heterocycles. The van der Waals surface area contributed by atoms with Gasteiger partial charge in [-0.3, -0.25) is 0 Å². The molecule has 4 aromatic carbocycles. The molecule has 2 aliphatic rings. The molecule has 0 bridgehead atoms. The first-order chi connectivity index (χ1) is 20.3. The van der Waals surface area contributed by atoms with Gasteiger partial charge in [0.05, 0.1) is 34.4 Å². The van der Waals surface area contributed by atoms with Gasteiger partial charge in [0.25, 0.3) is 0 Å². The van der Waals surface area contributed by atoms with E-state index < -0.39 is 11.7 Å². The summed E-state index contributed by atoms with van der Waals surface area (Å²) >= 11 is 6.28. The Bertz CT molecular complexity index is 1880. The number of benzene rings is 4. The number of aryl methyl sites for hydroxylation is 1. The number of nitrogens with zero attached hydrogens (tertiary/aromatic N) is 5. The molecule has 1 aromatic heterocycles. The van der Waals surface area contributed by atoms with Crippen molar-refractivity contribution in [3.63, 3.8) is 0 Å². The number of aliphatic imine (C=N–C) groups is 2. The predicted octanol–water partition coefficient (Wildman–Crippen LogP) is 8.65. The quantitative estimate of drug-likeness (QED) is 0.232. The minimum Gasteiger partial charge on any atom is -0.337 e. The third kappa shape index (κ3) is 4.42. The van der Waals surface area contributed by atoms with Gasteiger partial charge in [0.15, 0.2) is 17.5 Å². The van der Waals surface area contributed by atoms with Crippen LogP contribution in [-0.2, 0) is 6.18 Å². The van der Waals surface area contributed by atoms with Crippen LogP contribution in [0.5, 0.6) is 0 Å². The zero-order valence-electron chi connectivity index (χ0n) is 22.1. The average molecular weight is 583 g/mol. The lowest BCUT2D eigenvalue weighted by Crippen LogP contribution is -2.46. The Morgan fingerprint density at radius 1 is 0.833 bits per heavy atom. The summed E-state index contributed by atoms with van der Waals surface area (Å²) in [5.74, 6) is 1.38. The molecule has 0 radical (unpaired) electrons. The van der Waals surface area contributed by atoms with Crippen molar-refractivity contribution in [2.45, 2.75) is 19.1 Å². The summed E-state index contributed by atoms with van der Waals surface area (Å²) in [6, 6.07) is 29.6. The SMILES string of the molecule is Cc1nn(-c2ccccc2)c2c1[C@@H](c1ccc(Cl)cc1)N1C(=N2)C(Nc2cccc(C(F)(F)F)c2)=Nc2ccccc21. The fourth-order valence-electron chi connectivity index (χ4n) is 5.42. The molecule has 0 saturated carbocycles. The number of amidine groups is 2. The second-order valence-electron chi connectivity index (χ2n) is 9.98. The van der Waals surface area contributed by atoms with Crippen LogP contribution in [0.15, 0.2) is 113 Å². The lowest BCUT2D eigenvalue weighted by molar-refractivity contribution is -0.137. The van der Waals surface area contributed by atoms with Crippen molar-refractivity contribution < 1.29 is 13.2 Å². The van der Waals surface area contributed by atoms with E-state index in [4.69, 9.17) is 26.7 Å². The zero-order chi connectivity index (χ0) is 29.0. The molecule has 0 saturated heterocycles. The molecule has 10 heteroatoms. The van der Waals surface area contributed by atoms with Crippen molar-refractivity contribution in [2.24, 2.45) is 9.98 Å². The Morgan fingerprint density at radius 2 is 1.57 bits per heavy atom. The number of alkyl halides is 3. The molecule has 1 N–H and O–H groups in total. The van der Waals surface area contributed by atoms with Gasteiger partial charge >= 0.3 is 6.18 Å². The minimum absolute atomic E-state index is 0.243. The highest BCUT2D eigenvalue weighted by atomic mass is 35.5. The molecule has 0 spiro atoms. The number of rotatable bonds is 3. The summed E-state index contributed by atoms with van der Waals surface area (Å²) < 4.78 is 42.4. The van der Waals surface area contributed by atoms with Gasteiger partial charge in [-0.05, 0) is 67.1 Å². The molecule has 3 heterocycles. The van der Waals surface area contributed by atoms with Crippen LogP contribution in [0, 0.1) is 6.92 Å². The van der Waals surface area contributed by atoms with Gasteiger partial charge < -0.3 is 10.2 Å². The number of fused-ring (bicyclic) bond motifs is 4. The lowest BCUT2D eigenvalue weighted by atomic mass is 9.93. The Balaban J connectivity index is 1.47. The molecule has 1 atom stereocenters. The van der Waals surface area contributed by atoms with E-state index in [0.29, 0.717) is 28.2 Å². The van der Waals surface area contributed by atoms with Crippen molar-refractivity contribution in [3.05, 3.63) is 131 Å². The maximum atomic E-state index is 13.5. The Hall–Kier alpha value is -4.89. The first kappa shape index (κ1) is 26.0. The fraction of sp³-hybridized carbons (Fsp3) is 0.0938. The maximum absolute atomic E-state index is 13.5. The van der Waals surface area contributed by atoms with Crippen molar-refractivity contribution in [3.8, 4) is 5.69 Å². The standard InChI is InChI=1S/C32H22ClF3N6/c1-19-27-28(20-14-16-22(33)17-15-20)41-26-13-6-5-12-25(26)38-29(37-23-9-7-8-21(18-23)32(34,35)36)31(41)39-30(27)42(40-19)24-10-3-2-4-11-24/h2-18,28H,1H3,(H,37,38)/t28-/m1/s1. The second-order valence-corrected chi connectivity index (χ2v) is 10.4. The third-order valence-electron chi connectivity index (χ3n) is 7.28. The molecular weight excluding hydrogens is 561 g/mol. The number of nitrogens with one attached hydrogen (secondary N) is 1. The smallest absolute Gasteiger partial charge is 0.337 e. The van der Waals surface area contributed by atoms with Crippen LogP contribution in [0.1, 0.15) is 28.4 Å². The van der Waals surface area contributed by atoms with Crippen LogP contribution in [0.25, 0.3) is 5.69 Å². The van der Waals surface area contributed by atoms with Crippen molar-refractivity contribution >= 4 is 46.2 Å². The summed E-state index contributed by atoms with van der Waals surface area (Å²) in [5, 5.41) is 8.63. The summed E-state index contributed by atoms with van der Waals surface area (Å²) in [5.41, 5.74) is 4.42. The molecule has 7 rings (SSSR count). The van der Waals surface area contributed by atoms with E-state index in [1.54, 1.807) is 10.7 Å². The maximum Gasteiger partial charge on any atom is 0.416 e. The van der Waals surface area contributed by atoms with Gasteiger partial charge in [0, 0.05) is 16.3 Å². The van der Waals surface area contributed by atoms with E-state index in [9.17, 15) is 13.2 Å². The summed E-state index contributed by atoms with van der Waals surface area (Å²) in [4.78, 5) is 12.0. The van der Waals surface area contributed by atoms with E-state index in [2.05, 4.69) is 10.2 Å². The summed E-state index contributed by atoms with van der Waals surface area (Å²) in [6.07, 6.45) is -4.48. The van der Waals surface area contributed by atoms with E-state index in [-0.39, 0.29) is 11.7 Å². The van der Waals surface area contributed by atoms with Crippen molar-refractivity contribution in [1.82, 2.24) is 9.78 Å². The van der Waals surface area contributed by atoms with Gasteiger partial charge in [0.2, 0.25) is 0 Å². The molecule has 0 amide bonds. The Labute approximate surface area is 244 Å². The van der Waals surface area contributed by atoms with Crippen LogP contribution in [0.3, 0.4) is 0 Å². The number of para-hydroxylation sites is 3. The third-order valence-corrected chi connectivity index (χ3v) is 7.53. The first-order valence-corrected chi connectivity index (χ1v) is 13.6. The van der Waals surface area contributed by atoms with Gasteiger partial charge in [-0.1, -0.05) is 60.1 Å². The van der Waals surface area contributed by atoms with Crippen LogP contribution in [0.2, 0.25) is 5.02 Å². The number of anilines is 2. The average Bonchev–Trinajstić information content (AvgIpc) is 3.33. The highest BCUT2D eigenvalue weighted by Crippen LogP contribution is 2.48. The van der Waals surface area contributed by atoms with Gasteiger partial charge in [-0.15, -0.1) is 0 Å². The van der Waals surface area contributed by atoms with Crippen molar-refractivity contribution in [1.29, 1.82) is 0 Å². The second kappa shape index (κ2) is 9.88. The van der Waals surface area contributed by atoms with E-state index in [1.165, 1.54) is 6.07 Å². The fourth-order valence-corrected chi connectivity index (χ4v) is 5.54. The molecule has 208 valence electrons. The normalized spacial score (nSPS) is 15.7. The van der Waals surface area contributed by atoms with E-state index in [1.807, 2.05) is 85.8 Å². The van der Waals surface area contributed by atoms with Gasteiger partial charge in [-0.25, -0.2) is 14.7 Å². The topological polar surface area (TPSA) is 57.8 Å². The molecule has 5 aromatic rings. The van der Waals surface area contributed by atoms with E-state index in [0.717, 1.165) is 40.3 Å². The van der Waals surface area contributed by atoms with Crippen LogP contribution < -0.4 is 10.2 Å². The highest BCUT2D eigenvalue weighted by molar-refractivity contribution is 6.51. The van der Waals surface area contributed by atoms with E-state index >= 15 is 0 Å². The zero-order valence-corrected chi connectivity index (χ0v) is 22.9. The molecule has 42 heavy (non-hydrogen) atoms. The lowest BCUT2D eigenvalue weighted by Gasteiger charge is -2.40. The molecule has 0 aliphatic carbocycles. The number of aromatic nitrogens is 2. The molecule has 0 unspecified atom stereocenters. The van der Waals surface area contributed by atoms with Crippen LogP contribution in [-0.4, -0.2) is 21.5 Å². The van der Waals surface area contributed by atoms with Crippen molar-refractivity contribution in [2.75, 3.05) is 10.2 Å². The first-order valence-electron chi connectivity index (χ1n) is 13.2. The minimum atomic E-state index is -4.48. The highest BCUT2D eigenvalue weighted by Gasteiger charge is 2.41. The van der Waals surface area contributed by atoms with Crippen LogP contribution >= 0.6 is 11.6 Å². The Morgan fingerprint density at radius 3 is 2.33 bits per heavy atom. The molecule has 6 nitrogen and oxygen atoms in total. The predicted molar refractivity (Wildman–Crippen MR) is 160 cm³/mol. The van der Waals surface area contributed by atoms with Crippen LogP contribution in [0.4, 0.5) is 36.1 Å². The summed E-state index contributed by atoms with van der Waals surface area (Å²) in [6.45, 7) is 1.95. The largest absolute Gasteiger partial charge is 0.416 e. The number of halogens is 4. The monoisotopic (exact) mass is 582 g/mol. The number of hydrogen-bond donors (Lipinski definition) is 1. The molecular formula is C32H22ClF3N6. The number of hydrogen-bond acceptors (Lipinski definition) is 5. The summed E-state index contributed by atoms with van der Waals surface area (Å²) in [7, 11) is 0. The Kier molecular flexibility index (Phi) is 6.13. The van der Waals surface area contributed by atoms with Gasteiger partial charge in [0.1, 0.15) is 0 Å². The molecule has 0 fully saturated rings. The van der Waals surface area contributed by atoms with Gasteiger partial charge in [-0.2, -0.15) is 18.3 Å².